The van der Waals surface area contributed by atoms with Crippen molar-refractivity contribution in [1.82, 2.24) is 19.7 Å². The minimum atomic E-state index is -0.0288. The molecule has 6 heteroatoms. The molecule has 29 heavy (non-hydrogen) atoms. The Morgan fingerprint density at radius 1 is 1.03 bits per heavy atom. The molecule has 0 unspecified atom stereocenters. The topological polar surface area (TPSA) is 75.6 Å². The van der Waals surface area contributed by atoms with Gasteiger partial charge in [-0.3, -0.25) is 4.79 Å². The maximum absolute atomic E-state index is 12.5. The van der Waals surface area contributed by atoms with Crippen LogP contribution >= 0.6 is 0 Å². The van der Waals surface area contributed by atoms with Crippen LogP contribution in [0.25, 0.3) is 22.3 Å². The van der Waals surface area contributed by atoms with Gasteiger partial charge in [0.1, 0.15) is 5.82 Å². The van der Waals surface area contributed by atoms with Gasteiger partial charge < -0.3 is 14.9 Å². The van der Waals surface area contributed by atoms with Gasteiger partial charge in [0.2, 0.25) is 5.91 Å². The molecule has 5 rings (SSSR count). The van der Waals surface area contributed by atoms with Crippen molar-refractivity contribution in [3.8, 4) is 11.4 Å². The summed E-state index contributed by atoms with van der Waals surface area (Å²) < 4.78 is 2.23. The minimum Gasteiger partial charge on any atom is -0.361 e. The summed E-state index contributed by atoms with van der Waals surface area (Å²) >= 11 is 0. The number of fused-ring (bicyclic) bond motifs is 2. The van der Waals surface area contributed by atoms with E-state index >= 15 is 0 Å². The number of hydrogen-bond acceptors (Lipinski definition) is 3. The van der Waals surface area contributed by atoms with Crippen LogP contribution in [-0.4, -0.2) is 25.7 Å². The molecule has 6 nitrogen and oxygen atoms in total. The van der Waals surface area contributed by atoms with Crippen molar-refractivity contribution < 1.29 is 4.79 Å². The van der Waals surface area contributed by atoms with Crippen LogP contribution in [0.2, 0.25) is 0 Å². The average molecular weight is 385 g/mol. The van der Waals surface area contributed by atoms with Crippen LogP contribution in [0.3, 0.4) is 0 Å². The summed E-state index contributed by atoms with van der Waals surface area (Å²) in [5, 5.41) is 12.9. The number of nitrogens with zero attached hydrogens (tertiary/aromatic N) is 3. The summed E-state index contributed by atoms with van der Waals surface area (Å²) in [7, 11) is 0. The molecule has 0 spiro atoms. The molecule has 0 aliphatic carbocycles. The van der Waals surface area contributed by atoms with Crippen molar-refractivity contribution in [2.75, 3.05) is 5.32 Å². The van der Waals surface area contributed by atoms with Crippen LogP contribution in [0.1, 0.15) is 30.7 Å². The number of para-hydroxylation sites is 1. The predicted molar refractivity (Wildman–Crippen MR) is 114 cm³/mol. The van der Waals surface area contributed by atoms with E-state index in [4.69, 9.17) is 0 Å². The molecule has 0 fully saturated rings. The molecular weight excluding hydrogens is 362 g/mol. The Balaban J connectivity index is 1.29. The fourth-order valence-electron chi connectivity index (χ4n) is 4.06. The van der Waals surface area contributed by atoms with Crippen molar-refractivity contribution in [3.63, 3.8) is 0 Å². The van der Waals surface area contributed by atoms with Gasteiger partial charge >= 0.3 is 0 Å². The lowest BCUT2D eigenvalue weighted by Gasteiger charge is -2.09. The SMILES string of the molecule is O=C(Cc1c[nH]c2ccccc12)Nc1ccc(-c2nnc3n2CCCCC3)cc1. The number of H-pyrrole nitrogens is 1. The molecule has 3 heterocycles. The van der Waals surface area contributed by atoms with Crippen molar-refractivity contribution in [2.45, 2.75) is 38.6 Å². The number of aromatic amines is 1. The van der Waals surface area contributed by atoms with Gasteiger partial charge in [-0.15, -0.1) is 10.2 Å². The van der Waals surface area contributed by atoms with Crippen LogP contribution in [0.4, 0.5) is 5.69 Å². The molecule has 0 atom stereocenters. The van der Waals surface area contributed by atoms with Crippen LogP contribution in [0.15, 0.2) is 54.7 Å². The highest BCUT2D eigenvalue weighted by Gasteiger charge is 2.16. The third-order valence-electron chi connectivity index (χ3n) is 5.56. The standard InChI is InChI=1S/C23H23N5O/c29-22(14-17-15-24-20-7-4-3-6-19(17)20)25-18-11-9-16(10-12-18)23-27-26-21-8-2-1-5-13-28(21)23/h3-4,6-7,9-12,15,24H,1-2,5,8,13-14H2,(H,25,29). The van der Waals surface area contributed by atoms with Gasteiger partial charge in [0.05, 0.1) is 6.42 Å². The first-order chi connectivity index (χ1) is 14.3. The summed E-state index contributed by atoms with van der Waals surface area (Å²) in [5.74, 6) is 1.96. The number of anilines is 1. The molecule has 0 saturated heterocycles. The normalized spacial score (nSPS) is 13.8. The summed E-state index contributed by atoms with van der Waals surface area (Å²) in [6, 6.07) is 15.9. The third kappa shape index (κ3) is 3.53. The fourth-order valence-corrected chi connectivity index (χ4v) is 4.06. The molecule has 1 amide bonds. The second-order valence-corrected chi connectivity index (χ2v) is 7.56. The second-order valence-electron chi connectivity index (χ2n) is 7.56. The molecule has 1 aliphatic heterocycles. The van der Waals surface area contributed by atoms with E-state index in [2.05, 4.69) is 25.1 Å². The molecule has 146 valence electrons. The minimum absolute atomic E-state index is 0.0288. The van der Waals surface area contributed by atoms with Crippen LogP contribution < -0.4 is 5.32 Å². The van der Waals surface area contributed by atoms with Crippen molar-refractivity contribution in [3.05, 3.63) is 66.1 Å². The molecule has 0 bridgehead atoms. The Morgan fingerprint density at radius 3 is 2.79 bits per heavy atom. The van der Waals surface area contributed by atoms with Gasteiger partial charge in [-0.1, -0.05) is 24.6 Å². The van der Waals surface area contributed by atoms with E-state index in [1.165, 1.54) is 19.3 Å². The maximum Gasteiger partial charge on any atom is 0.228 e. The van der Waals surface area contributed by atoms with E-state index in [0.717, 1.165) is 52.3 Å². The summed E-state index contributed by atoms with van der Waals surface area (Å²) in [5.41, 5.74) is 3.86. The number of amides is 1. The largest absolute Gasteiger partial charge is 0.361 e. The second kappa shape index (κ2) is 7.54. The number of aryl methyl sites for hydroxylation is 1. The lowest BCUT2D eigenvalue weighted by Crippen LogP contribution is -2.14. The highest BCUT2D eigenvalue weighted by molar-refractivity contribution is 5.95. The number of hydrogen-bond donors (Lipinski definition) is 2. The molecule has 2 aromatic heterocycles. The zero-order valence-electron chi connectivity index (χ0n) is 16.2. The quantitative estimate of drug-likeness (QED) is 0.549. The Morgan fingerprint density at radius 2 is 1.90 bits per heavy atom. The van der Waals surface area contributed by atoms with Crippen LogP contribution in [0.5, 0.6) is 0 Å². The van der Waals surface area contributed by atoms with Crippen molar-refractivity contribution in [1.29, 1.82) is 0 Å². The zero-order valence-corrected chi connectivity index (χ0v) is 16.2. The van der Waals surface area contributed by atoms with Gasteiger partial charge in [0.15, 0.2) is 5.82 Å². The Hall–Kier alpha value is -3.41. The van der Waals surface area contributed by atoms with E-state index < -0.39 is 0 Å². The lowest BCUT2D eigenvalue weighted by molar-refractivity contribution is -0.115. The lowest BCUT2D eigenvalue weighted by atomic mass is 10.1. The third-order valence-corrected chi connectivity index (χ3v) is 5.56. The molecule has 0 saturated carbocycles. The predicted octanol–water partition coefficient (Wildman–Crippen LogP) is 4.33. The van der Waals surface area contributed by atoms with E-state index in [9.17, 15) is 4.79 Å². The molecular formula is C23H23N5O. The summed E-state index contributed by atoms with van der Waals surface area (Å²) in [6.45, 7) is 0.973. The number of carbonyl (C=O) groups is 1. The number of rotatable bonds is 4. The van der Waals surface area contributed by atoms with Crippen molar-refractivity contribution >= 4 is 22.5 Å². The first-order valence-electron chi connectivity index (χ1n) is 10.2. The average Bonchev–Trinajstić information content (AvgIpc) is 3.25. The molecule has 4 aromatic rings. The fraction of sp³-hybridized carbons (Fsp3) is 0.261. The first kappa shape index (κ1) is 17.7. The Labute approximate surface area is 169 Å². The number of nitrogens with one attached hydrogen (secondary N) is 2. The van der Waals surface area contributed by atoms with Crippen LogP contribution in [0, 0.1) is 0 Å². The number of aromatic nitrogens is 4. The molecule has 2 N–H and O–H groups in total. The van der Waals surface area contributed by atoms with E-state index in [1.807, 2.05) is 54.7 Å². The van der Waals surface area contributed by atoms with Crippen molar-refractivity contribution in [2.24, 2.45) is 0 Å². The maximum atomic E-state index is 12.5. The molecule has 0 radical (unpaired) electrons. The van der Waals surface area contributed by atoms with E-state index in [-0.39, 0.29) is 5.91 Å². The smallest absolute Gasteiger partial charge is 0.228 e. The Kier molecular flexibility index (Phi) is 4.60. The number of benzene rings is 2. The highest BCUT2D eigenvalue weighted by Crippen LogP contribution is 2.24. The van der Waals surface area contributed by atoms with Gasteiger partial charge in [0, 0.05) is 41.3 Å². The summed E-state index contributed by atoms with van der Waals surface area (Å²) in [6.07, 6.45) is 6.83. The molecule has 2 aromatic carbocycles. The van der Waals surface area contributed by atoms with Gasteiger partial charge in [-0.05, 0) is 48.7 Å². The molecule has 1 aliphatic rings. The van der Waals surface area contributed by atoms with Crippen LogP contribution in [-0.2, 0) is 24.2 Å². The summed E-state index contributed by atoms with van der Waals surface area (Å²) in [4.78, 5) is 15.7. The van der Waals surface area contributed by atoms with Gasteiger partial charge in [-0.2, -0.15) is 0 Å². The van der Waals surface area contributed by atoms with E-state index in [1.54, 1.807) is 0 Å². The monoisotopic (exact) mass is 385 g/mol. The van der Waals surface area contributed by atoms with Gasteiger partial charge in [-0.25, -0.2) is 0 Å². The number of carbonyl (C=O) groups excluding carboxylic acids is 1. The first-order valence-corrected chi connectivity index (χ1v) is 10.2. The Bertz CT molecular complexity index is 1160. The van der Waals surface area contributed by atoms with E-state index in [0.29, 0.717) is 6.42 Å². The highest BCUT2D eigenvalue weighted by atomic mass is 16.1. The zero-order chi connectivity index (χ0) is 19.6. The van der Waals surface area contributed by atoms with Gasteiger partial charge in [0.25, 0.3) is 0 Å².